The average molecular weight is 321 g/mol. The van der Waals surface area contributed by atoms with Gasteiger partial charge in [0.05, 0.1) is 13.2 Å². The maximum Gasteiger partial charge on any atom is 0.322 e. The number of carbonyl (C=O) groups excluding carboxylic acids is 1. The number of ether oxygens (including phenoxy) is 1. The summed E-state index contributed by atoms with van der Waals surface area (Å²) in [6, 6.07) is 4.35. The molecule has 2 rings (SSSR count). The largest absolute Gasteiger partial charge is 0.378 e. The summed E-state index contributed by atoms with van der Waals surface area (Å²) in [6.45, 7) is 11.3. The van der Waals surface area contributed by atoms with Gasteiger partial charge in [0.25, 0.3) is 0 Å². The molecule has 23 heavy (non-hydrogen) atoms. The van der Waals surface area contributed by atoms with E-state index < -0.39 is 0 Å². The number of halogens is 1. The van der Waals surface area contributed by atoms with Crippen molar-refractivity contribution in [3.05, 3.63) is 36.2 Å². The highest BCUT2D eigenvalue weighted by Gasteiger charge is 2.15. The van der Waals surface area contributed by atoms with E-state index in [1.54, 1.807) is 11.0 Å². The summed E-state index contributed by atoms with van der Waals surface area (Å²) in [6.07, 6.45) is 0. The molecule has 0 radical (unpaired) electrons. The number of morpholine rings is 1. The lowest BCUT2D eigenvalue weighted by Crippen LogP contribution is -2.37. The van der Waals surface area contributed by atoms with Gasteiger partial charge in [0.15, 0.2) is 0 Å². The van der Waals surface area contributed by atoms with E-state index in [2.05, 4.69) is 11.9 Å². The standard InChI is InChI=1S/C17H24FN3O2/c1-4-20(12-13(2)3)17(22)19-15-9-14(18)10-16(11-15)21-5-7-23-8-6-21/h9-11H,2,4-8,12H2,1,3H3,(H,19,22). The molecule has 0 aliphatic carbocycles. The number of nitrogens with one attached hydrogen (secondary N) is 1. The fourth-order valence-corrected chi connectivity index (χ4v) is 2.51. The van der Waals surface area contributed by atoms with Gasteiger partial charge in [0.1, 0.15) is 5.82 Å². The predicted octanol–water partition coefficient (Wildman–Crippen LogP) is 3.09. The quantitative estimate of drug-likeness (QED) is 0.848. The van der Waals surface area contributed by atoms with Gasteiger partial charge in [-0.15, -0.1) is 0 Å². The highest BCUT2D eigenvalue weighted by atomic mass is 19.1. The molecule has 1 aromatic rings. The molecule has 0 aromatic heterocycles. The Morgan fingerprint density at radius 3 is 2.70 bits per heavy atom. The molecule has 5 nitrogen and oxygen atoms in total. The first-order chi connectivity index (χ1) is 11.0. The number of benzene rings is 1. The monoisotopic (exact) mass is 321 g/mol. The number of hydrogen-bond acceptors (Lipinski definition) is 3. The smallest absolute Gasteiger partial charge is 0.322 e. The van der Waals surface area contributed by atoms with Crippen molar-refractivity contribution in [2.24, 2.45) is 0 Å². The van der Waals surface area contributed by atoms with Gasteiger partial charge in [0, 0.05) is 37.6 Å². The fourth-order valence-electron chi connectivity index (χ4n) is 2.51. The Balaban J connectivity index is 2.11. The number of hydrogen-bond donors (Lipinski definition) is 1. The van der Waals surface area contributed by atoms with E-state index in [0.717, 1.165) is 11.3 Å². The SMILES string of the molecule is C=C(C)CN(CC)C(=O)Nc1cc(F)cc(N2CCOCC2)c1. The summed E-state index contributed by atoms with van der Waals surface area (Å²) < 4.78 is 19.2. The lowest BCUT2D eigenvalue weighted by molar-refractivity contribution is 0.122. The summed E-state index contributed by atoms with van der Waals surface area (Å²) in [5.74, 6) is -0.368. The van der Waals surface area contributed by atoms with Crippen LogP contribution in [0, 0.1) is 5.82 Å². The number of amides is 2. The van der Waals surface area contributed by atoms with Crippen molar-refractivity contribution < 1.29 is 13.9 Å². The molecule has 0 unspecified atom stereocenters. The Morgan fingerprint density at radius 1 is 1.39 bits per heavy atom. The molecule has 1 heterocycles. The number of rotatable bonds is 5. The maximum absolute atomic E-state index is 13.9. The molecule has 1 saturated heterocycles. The zero-order chi connectivity index (χ0) is 16.8. The minimum absolute atomic E-state index is 0.256. The molecule has 0 bridgehead atoms. The van der Waals surface area contributed by atoms with Crippen LogP contribution in [0.1, 0.15) is 13.8 Å². The van der Waals surface area contributed by atoms with E-state index in [4.69, 9.17) is 4.74 Å². The van der Waals surface area contributed by atoms with Crippen LogP contribution in [-0.4, -0.2) is 50.3 Å². The van der Waals surface area contributed by atoms with Gasteiger partial charge < -0.3 is 19.9 Å². The second-order valence-electron chi connectivity index (χ2n) is 5.70. The lowest BCUT2D eigenvalue weighted by Gasteiger charge is -2.29. The third-order valence-electron chi connectivity index (χ3n) is 3.64. The molecule has 126 valence electrons. The van der Waals surface area contributed by atoms with Gasteiger partial charge in [0.2, 0.25) is 0 Å². The molecule has 0 saturated carbocycles. The van der Waals surface area contributed by atoms with Gasteiger partial charge in [-0.3, -0.25) is 0 Å². The van der Waals surface area contributed by atoms with Crippen molar-refractivity contribution in [1.29, 1.82) is 0 Å². The van der Waals surface area contributed by atoms with E-state index in [0.29, 0.717) is 45.1 Å². The number of anilines is 2. The first-order valence-electron chi connectivity index (χ1n) is 7.83. The Morgan fingerprint density at radius 2 is 2.09 bits per heavy atom. The van der Waals surface area contributed by atoms with Gasteiger partial charge in [-0.25, -0.2) is 9.18 Å². The van der Waals surface area contributed by atoms with E-state index in [-0.39, 0.29) is 11.8 Å². The van der Waals surface area contributed by atoms with Gasteiger partial charge in [-0.1, -0.05) is 12.2 Å². The Hall–Kier alpha value is -2.08. The highest BCUT2D eigenvalue weighted by Crippen LogP contribution is 2.23. The second kappa shape index (κ2) is 7.97. The maximum atomic E-state index is 13.9. The molecule has 1 aliphatic rings. The van der Waals surface area contributed by atoms with Crippen LogP contribution in [0.3, 0.4) is 0 Å². The molecular weight excluding hydrogens is 297 g/mol. The van der Waals surface area contributed by atoms with E-state index in [1.165, 1.54) is 12.1 Å². The molecule has 0 spiro atoms. The van der Waals surface area contributed by atoms with Gasteiger partial charge in [-0.2, -0.15) is 0 Å². The number of carbonyl (C=O) groups is 1. The van der Waals surface area contributed by atoms with Crippen LogP contribution in [0.25, 0.3) is 0 Å². The Labute approximate surface area is 136 Å². The summed E-state index contributed by atoms with van der Waals surface area (Å²) in [5.41, 5.74) is 2.11. The Bertz CT molecular complexity index is 571. The van der Waals surface area contributed by atoms with Gasteiger partial charge >= 0.3 is 6.03 Å². The highest BCUT2D eigenvalue weighted by molar-refractivity contribution is 5.90. The summed E-state index contributed by atoms with van der Waals surface area (Å²) >= 11 is 0. The fraction of sp³-hybridized carbons (Fsp3) is 0.471. The number of urea groups is 1. The Kier molecular flexibility index (Phi) is 5.98. The van der Waals surface area contributed by atoms with Crippen molar-refractivity contribution in [2.75, 3.05) is 49.6 Å². The lowest BCUT2D eigenvalue weighted by atomic mass is 10.2. The summed E-state index contributed by atoms with van der Waals surface area (Å²) in [5, 5.41) is 2.77. The topological polar surface area (TPSA) is 44.8 Å². The second-order valence-corrected chi connectivity index (χ2v) is 5.70. The average Bonchev–Trinajstić information content (AvgIpc) is 2.52. The molecule has 2 amide bonds. The zero-order valence-corrected chi connectivity index (χ0v) is 13.8. The normalized spacial score (nSPS) is 14.5. The van der Waals surface area contributed by atoms with Crippen LogP contribution in [-0.2, 0) is 4.74 Å². The summed E-state index contributed by atoms with van der Waals surface area (Å²) in [7, 11) is 0. The predicted molar refractivity (Wildman–Crippen MR) is 90.5 cm³/mol. The van der Waals surface area contributed by atoms with Crippen molar-refractivity contribution in [3.63, 3.8) is 0 Å². The molecule has 1 aliphatic heterocycles. The molecular formula is C17H24FN3O2. The van der Waals surface area contributed by atoms with Crippen LogP contribution in [0.4, 0.5) is 20.6 Å². The number of nitrogens with zero attached hydrogens (tertiary/aromatic N) is 2. The third-order valence-corrected chi connectivity index (χ3v) is 3.64. The minimum Gasteiger partial charge on any atom is -0.378 e. The molecule has 1 fully saturated rings. The van der Waals surface area contributed by atoms with Gasteiger partial charge in [-0.05, 0) is 32.0 Å². The summed E-state index contributed by atoms with van der Waals surface area (Å²) in [4.78, 5) is 16.0. The van der Waals surface area contributed by atoms with Crippen molar-refractivity contribution in [1.82, 2.24) is 4.90 Å². The van der Waals surface area contributed by atoms with Crippen LogP contribution in [0.5, 0.6) is 0 Å². The first-order valence-corrected chi connectivity index (χ1v) is 7.83. The van der Waals surface area contributed by atoms with Crippen molar-refractivity contribution >= 4 is 17.4 Å². The molecule has 6 heteroatoms. The molecule has 0 atom stereocenters. The van der Waals surface area contributed by atoms with Crippen molar-refractivity contribution in [3.8, 4) is 0 Å². The zero-order valence-electron chi connectivity index (χ0n) is 13.8. The third kappa shape index (κ3) is 4.96. The molecule has 1 N–H and O–H groups in total. The van der Waals surface area contributed by atoms with E-state index in [1.807, 2.05) is 18.7 Å². The molecule has 1 aromatic carbocycles. The first kappa shape index (κ1) is 17.3. The van der Waals surface area contributed by atoms with Crippen LogP contribution >= 0.6 is 0 Å². The van der Waals surface area contributed by atoms with Crippen LogP contribution < -0.4 is 10.2 Å². The van der Waals surface area contributed by atoms with Crippen LogP contribution in [0.2, 0.25) is 0 Å². The number of likely N-dealkylation sites (N-methyl/N-ethyl adjacent to an activating group) is 1. The van der Waals surface area contributed by atoms with Crippen LogP contribution in [0.15, 0.2) is 30.4 Å². The van der Waals surface area contributed by atoms with E-state index in [9.17, 15) is 9.18 Å². The van der Waals surface area contributed by atoms with Crippen molar-refractivity contribution in [2.45, 2.75) is 13.8 Å². The minimum atomic E-state index is -0.368. The van der Waals surface area contributed by atoms with E-state index >= 15 is 0 Å².